The fourth-order valence-electron chi connectivity index (χ4n) is 3.94. The summed E-state index contributed by atoms with van der Waals surface area (Å²) in [4.78, 5) is 29.1. The Morgan fingerprint density at radius 2 is 1.93 bits per heavy atom. The molecule has 0 unspecified atom stereocenters. The number of hydrogen-bond acceptors (Lipinski definition) is 3. The summed E-state index contributed by atoms with van der Waals surface area (Å²) in [7, 11) is 0. The van der Waals surface area contributed by atoms with Crippen LogP contribution >= 0.6 is 12.4 Å². The summed E-state index contributed by atoms with van der Waals surface area (Å²) >= 11 is 0. The Labute approximate surface area is 166 Å². The van der Waals surface area contributed by atoms with Gasteiger partial charge < -0.3 is 15.1 Å². The second-order valence-electron chi connectivity index (χ2n) is 7.44. The van der Waals surface area contributed by atoms with Gasteiger partial charge in [0, 0.05) is 38.1 Å². The Bertz CT molecular complexity index is 658. The lowest BCUT2D eigenvalue weighted by molar-refractivity contribution is -0.137. The summed E-state index contributed by atoms with van der Waals surface area (Å²) in [6.07, 6.45) is 2.78. The van der Waals surface area contributed by atoms with Crippen molar-refractivity contribution >= 4 is 24.2 Å². The van der Waals surface area contributed by atoms with Gasteiger partial charge in [-0.1, -0.05) is 12.1 Å². The Kier molecular flexibility index (Phi) is 8.05. The highest BCUT2D eigenvalue weighted by Gasteiger charge is 2.30. The maximum Gasteiger partial charge on any atom is 0.227 e. The highest BCUT2D eigenvalue weighted by molar-refractivity contribution is 5.85. The molecule has 2 aliphatic rings. The van der Waals surface area contributed by atoms with Crippen LogP contribution < -0.4 is 5.32 Å². The van der Waals surface area contributed by atoms with Crippen molar-refractivity contribution in [2.24, 2.45) is 5.92 Å². The van der Waals surface area contributed by atoms with Gasteiger partial charge in [0.05, 0.1) is 6.42 Å². The number of halogens is 2. The molecule has 0 aromatic heterocycles. The zero-order valence-corrected chi connectivity index (χ0v) is 16.6. The van der Waals surface area contributed by atoms with Gasteiger partial charge in [0.2, 0.25) is 11.8 Å². The summed E-state index contributed by atoms with van der Waals surface area (Å²) in [6, 6.07) is 6.57. The topological polar surface area (TPSA) is 52.7 Å². The molecule has 2 amide bonds. The first-order valence-electron chi connectivity index (χ1n) is 9.57. The molecule has 7 heteroatoms. The van der Waals surface area contributed by atoms with E-state index in [1.54, 1.807) is 12.1 Å². The van der Waals surface area contributed by atoms with Crippen LogP contribution in [0, 0.1) is 11.7 Å². The molecule has 0 bridgehead atoms. The lowest BCUT2D eigenvalue weighted by Crippen LogP contribution is -2.45. The molecular weight excluding hydrogens is 369 g/mol. The van der Waals surface area contributed by atoms with Crippen LogP contribution in [-0.4, -0.2) is 60.4 Å². The van der Waals surface area contributed by atoms with Crippen molar-refractivity contribution in [3.63, 3.8) is 0 Å². The number of hydrogen-bond donors (Lipinski definition) is 1. The molecule has 150 valence electrons. The summed E-state index contributed by atoms with van der Waals surface area (Å²) in [5.74, 6) is 0.0121. The summed E-state index contributed by atoms with van der Waals surface area (Å²) in [5.41, 5.74) is 0.691. The first-order chi connectivity index (χ1) is 12.5. The molecule has 0 saturated carbocycles. The fourth-order valence-corrected chi connectivity index (χ4v) is 3.94. The zero-order valence-electron chi connectivity index (χ0n) is 15.8. The van der Waals surface area contributed by atoms with Crippen molar-refractivity contribution in [3.8, 4) is 0 Å². The van der Waals surface area contributed by atoms with Crippen LogP contribution in [0.3, 0.4) is 0 Å². The normalized spacial score (nSPS) is 23.3. The molecule has 3 rings (SSSR count). The number of nitrogens with one attached hydrogen (secondary N) is 1. The number of nitrogens with zero attached hydrogens (tertiary/aromatic N) is 2. The molecule has 0 aliphatic carbocycles. The monoisotopic (exact) mass is 397 g/mol. The minimum atomic E-state index is -0.320. The molecule has 2 aliphatic heterocycles. The van der Waals surface area contributed by atoms with E-state index in [2.05, 4.69) is 12.2 Å². The third kappa shape index (κ3) is 5.91. The van der Waals surface area contributed by atoms with Crippen LogP contribution in [-0.2, 0) is 16.0 Å². The Balaban J connectivity index is 0.00000261. The van der Waals surface area contributed by atoms with Gasteiger partial charge in [-0.25, -0.2) is 4.39 Å². The third-order valence-corrected chi connectivity index (χ3v) is 5.38. The third-order valence-electron chi connectivity index (χ3n) is 5.38. The van der Waals surface area contributed by atoms with E-state index in [1.165, 1.54) is 12.1 Å². The van der Waals surface area contributed by atoms with Crippen LogP contribution in [0.1, 0.15) is 31.7 Å². The largest absolute Gasteiger partial charge is 0.341 e. The highest BCUT2D eigenvalue weighted by Crippen LogP contribution is 2.20. The van der Waals surface area contributed by atoms with Crippen molar-refractivity contribution in [2.45, 2.75) is 38.6 Å². The van der Waals surface area contributed by atoms with Crippen LogP contribution in [0.15, 0.2) is 24.3 Å². The fraction of sp³-hybridized carbons (Fsp3) is 0.600. The van der Waals surface area contributed by atoms with E-state index in [-0.39, 0.29) is 42.4 Å². The van der Waals surface area contributed by atoms with Gasteiger partial charge in [0.15, 0.2) is 0 Å². The van der Waals surface area contributed by atoms with Crippen LogP contribution in [0.4, 0.5) is 4.39 Å². The number of amides is 2. The minimum absolute atomic E-state index is 0. The van der Waals surface area contributed by atoms with E-state index >= 15 is 0 Å². The maximum atomic E-state index is 13.3. The second-order valence-corrected chi connectivity index (χ2v) is 7.44. The van der Waals surface area contributed by atoms with Crippen molar-refractivity contribution < 1.29 is 14.0 Å². The second kappa shape index (κ2) is 10.0. The van der Waals surface area contributed by atoms with Crippen molar-refractivity contribution in [2.75, 3.05) is 32.7 Å². The maximum absolute atomic E-state index is 13.3. The summed E-state index contributed by atoms with van der Waals surface area (Å²) in [5, 5.41) is 3.38. The first-order valence-corrected chi connectivity index (χ1v) is 9.57. The summed E-state index contributed by atoms with van der Waals surface area (Å²) < 4.78 is 13.3. The molecule has 0 spiro atoms. The van der Waals surface area contributed by atoms with Crippen LogP contribution in [0.5, 0.6) is 0 Å². The molecule has 0 radical (unpaired) electrons. The van der Waals surface area contributed by atoms with E-state index in [9.17, 15) is 14.0 Å². The van der Waals surface area contributed by atoms with Crippen LogP contribution in [0.25, 0.3) is 0 Å². The highest BCUT2D eigenvalue weighted by atomic mass is 35.5. The van der Waals surface area contributed by atoms with E-state index in [0.717, 1.165) is 25.8 Å². The van der Waals surface area contributed by atoms with E-state index in [1.807, 2.05) is 9.80 Å². The molecule has 5 nitrogen and oxygen atoms in total. The van der Waals surface area contributed by atoms with Gasteiger partial charge in [-0.05, 0) is 50.4 Å². The van der Waals surface area contributed by atoms with E-state index in [4.69, 9.17) is 0 Å². The minimum Gasteiger partial charge on any atom is -0.341 e. The predicted octanol–water partition coefficient (Wildman–Crippen LogP) is 2.24. The summed E-state index contributed by atoms with van der Waals surface area (Å²) in [6.45, 7) is 5.52. The van der Waals surface area contributed by atoms with Gasteiger partial charge in [0.25, 0.3) is 0 Å². The van der Waals surface area contributed by atoms with Gasteiger partial charge in [-0.3, -0.25) is 9.59 Å². The standard InChI is InChI=1S/C20H28FN3O2.ClH/c1-15-12-17(6-7-22-15)20(26)24-9-3-8-23(10-11-24)19(25)14-16-4-2-5-18(21)13-16;/h2,4-5,13,15,17,22H,3,6-12,14H2,1H3;1H/t15-,17-;/m0./s1. The number of carbonyl (C=O) groups is 2. The molecular formula is C20H29ClFN3O2. The van der Waals surface area contributed by atoms with Crippen molar-refractivity contribution in [1.82, 2.24) is 15.1 Å². The molecule has 1 aromatic carbocycles. The number of rotatable bonds is 3. The lowest BCUT2D eigenvalue weighted by Gasteiger charge is -2.31. The Morgan fingerprint density at radius 3 is 2.67 bits per heavy atom. The molecule has 2 heterocycles. The van der Waals surface area contributed by atoms with Crippen molar-refractivity contribution in [1.29, 1.82) is 0 Å². The van der Waals surface area contributed by atoms with Gasteiger partial charge >= 0.3 is 0 Å². The lowest BCUT2D eigenvalue weighted by atomic mass is 9.92. The molecule has 1 aromatic rings. The molecule has 2 saturated heterocycles. The average Bonchev–Trinajstić information content (AvgIpc) is 2.87. The Morgan fingerprint density at radius 1 is 1.19 bits per heavy atom. The predicted molar refractivity (Wildman–Crippen MR) is 105 cm³/mol. The Hall–Kier alpha value is -1.66. The average molecular weight is 398 g/mol. The van der Waals surface area contributed by atoms with Gasteiger partial charge in [-0.15, -0.1) is 12.4 Å². The van der Waals surface area contributed by atoms with E-state index in [0.29, 0.717) is 37.8 Å². The van der Waals surface area contributed by atoms with Gasteiger partial charge in [-0.2, -0.15) is 0 Å². The first kappa shape index (κ1) is 21.6. The quantitative estimate of drug-likeness (QED) is 0.851. The van der Waals surface area contributed by atoms with Crippen LogP contribution in [0.2, 0.25) is 0 Å². The van der Waals surface area contributed by atoms with E-state index < -0.39 is 0 Å². The smallest absolute Gasteiger partial charge is 0.227 e. The molecule has 27 heavy (non-hydrogen) atoms. The van der Waals surface area contributed by atoms with Gasteiger partial charge in [0.1, 0.15) is 5.82 Å². The van der Waals surface area contributed by atoms with Crippen molar-refractivity contribution in [3.05, 3.63) is 35.6 Å². The number of benzene rings is 1. The molecule has 2 atom stereocenters. The molecule has 1 N–H and O–H groups in total. The SMILES string of the molecule is C[C@H]1C[C@@H](C(=O)N2CCCN(C(=O)Cc3cccc(F)c3)CC2)CCN1.Cl. The molecule has 2 fully saturated rings. The zero-order chi connectivity index (χ0) is 18.5. The number of carbonyl (C=O) groups excluding carboxylic acids is 2. The number of piperidine rings is 1.